The molecule has 1 saturated heterocycles. The molecule has 160 valence electrons. The first-order chi connectivity index (χ1) is 15.2. The first kappa shape index (κ1) is 21.1. The summed E-state index contributed by atoms with van der Waals surface area (Å²) in [6.07, 6.45) is 1.36. The van der Waals surface area contributed by atoms with Gasteiger partial charge in [0.25, 0.3) is 0 Å². The van der Waals surface area contributed by atoms with Crippen LogP contribution in [0.5, 0.6) is 0 Å². The van der Waals surface area contributed by atoms with E-state index in [-0.39, 0.29) is 17.9 Å². The topological polar surface area (TPSA) is 74.3 Å². The number of nitrogens with one attached hydrogen (secondary N) is 2. The normalized spacial score (nSPS) is 14.3. The van der Waals surface area contributed by atoms with Gasteiger partial charge in [0.15, 0.2) is 0 Å². The van der Waals surface area contributed by atoms with Crippen LogP contribution in [0.2, 0.25) is 0 Å². The lowest BCUT2D eigenvalue weighted by Gasteiger charge is -2.31. The highest BCUT2D eigenvalue weighted by Gasteiger charge is 2.27. The highest BCUT2D eigenvalue weighted by Crippen LogP contribution is 2.23. The number of hydrogen-bond acceptors (Lipinski definition) is 4. The second-order valence-corrected chi connectivity index (χ2v) is 8.49. The van der Waals surface area contributed by atoms with Crippen LogP contribution in [-0.4, -0.2) is 34.9 Å². The number of likely N-dealkylation sites (tertiary alicyclic amines) is 1. The van der Waals surface area contributed by atoms with Crippen molar-refractivity contribution in [2.75, 3.05) is 13.1 Å². The van der Waals surface area contributed by atoms with Gasteiger partial charge in [-0.25, -0.2) is 9.78 Å². The molecule has 1 aliphatic rings. The highest BCUT2D eigenvalue weighted by atomic mass is 32.1. The summed E-state index contributed by atoms with van der Waals surface area (Å²) in [5.41, 5.74) is 3.03. The molecular formula is C24H26N4O2S. The number of thiazole rings is 1. The average Bonchev–Trinajstić information content (AvgIpc) is 3.31. The summed E-state index contributed by atoms with van der Waals surface area (Å²) in [4.78, 5) is 31.4. The number of aromatic nitrogens is 1. The fourth-order valence-electron chi connectivity index (χ4n) is 3.65. The van der Waals surface area contributed by atoms with E-state index in [0.29, 0.717) is 39.0 Å². The Bertz CT molecular complexity index is 999. The van der Waals surface area contributed by atoms with Crippen LogP contribution in [0, 0.1) is 5.92 Å². The second-order valence-electron chi connectivity index (χ2n) is 7.63. The van der Waals surface area contributed by atoms with Crippen molar-refractivity contribution < 1.29 is 9.59 Å². The fourth-order valence-corrected chi connectivity index (χ4v) is 4.48. The predicted octanol–water partition coefficient (Wildman–Crippen LogP) is 4.05. The number of piperidine rings is 1. The van der Waals surface area contributed by atoms with Crippen molar-refractivity contribution in [3.63, 3.8) is 0 Å². The van der Waals surface area contributed by atoms with E-state index < -0.39 is 0 Å². The molecule has 0 atom stereocenters. The SMILES string of the molecule is O=C(NCc1csc(-c2ccccc2)n1)C1CCN(C(=O)NCc2ccccc2)CC1. The van der Waals surface area contributed by atoms with Crippen LogP contribution in [0.1, 0.15) is 24.1 Å². The third-order valence-corrected chi connectivity index (χ3v) is 6.40. The maximum Gasteiger partial charge on any atom is 0.317 e. The Morgan fingerprint density at radius 2 is 1.61 bits per heavy atom. The monoisotopic (exact) mass is 434 g/mol. The van der Waals surface area contributed by atoms with Crippen molar-refractivity contribution >= 4 is 23.3 Å². The van der Waals surface area contributed by atoms with Crippen LogP contribution in [0.15, 0.2) is 66.0 Å². The molecule has 0 saturated carbocycles. The van der Waals surface area contributed by atoms with Crippen molar-refractivity contribution in [1.82, 2.24) is 20.5 Å². The molecule has 6 nitrogen and oxygen atoms in total. The minimum absolute atomic E-state index is 0.0404. The lowest BCUT2D eigenvalue weighted by molar-refractivity contribution is -0.126. The molecule has 3 aromatic rings. The molecule has 3 amide bonds. The molecule has 7 heteroatoms. The molecule has 2 N–H and O–H groups in total. The van der Waals surface area contributed by atoms with Gasteiger partial charge >= 0.3 is 6.03 Å². The van der Waals surface area contributed by atoms with Crippen molar-refractivity contribution in [1.29, 1.82) is 0 Å². The van der Waals surface area contributed by atoms with E-state index in [1.54, 1.807) is 16.2 Å². The van der Waals surface area contributed by atoms with Crippen LogP contribution >= 0.6 is 11.3 Å². The zero-order valence-electron chi connectivity index (χ0n) is 17.3. The Morgan fingerprint density at radius 1 is 0.935 bits per heavy atom. The molecule has 0 bridgehead atoms. The summed E-state index contributed by atoms with van der Waals surface area (Å²) in [7, 11) is 0. The van der Waals surface area contributed by atoms with E-state index in [0.717, 1.165) is 21.8 Å². The summed E-state index contributed by atoms with van der Waals surface area (Å²) in [5.74, 6) is -0.0241. The van der Waals surface area contributed by atoms with Crippen LogP contribution in [0.4, 0.5) is 4.79 Å². The third-order valence-electron chi connectivity index (χ3n) is 5.46. The number of amides is 3. The molecule has 0 aliphatic carbocycles. The van der Waals surface area contributed by atoms with Crippen molar-refractivity contribution in [2.24, 2.45) is 5.92 Å². The molecule has 0 unspecified atom stereocenters. The van der Waals surface area contributed by atoms with Gasteiger partial charge in [-0.15, -0.1) is 11.3 Å². The lowest BCUT2D eigenvalue weighted by Crippen LogP contribution is -2.46. The zero-order chi connectivity index (χ0) is 21.5. The van der Waals surface area contributed by atoms with E-state index in [9.17, 15) is 9.59 Å². The number of carbonyl (C=O) groups excluding carboxylic acids is 2. The number of hydrogen-bond donors (Lipinski definition) is 2. The first-order valence-electron chi connectivity index (χ1n) is 10.5. The van der Waals surface area contributed by atoms with Gasteiger partial charge < -0.3 is 15.5 Å². The molecule has 4 rings (SSSR count). The average molecular weight is 435 g/mol. The van der Waals surface area contributed by atoms with Gasteiger partial charge in [-0.2, -0.15) is 0 Å². The molecule has 1 fully saturated rings. The Balaban J connectivity index is 1.20. The molecule has 1 aromatic heterocycles. The van der Waals surface area contributed by atoms with E-state index in [1.165, 1.54) is 0 Å². The Labute approximate surface area is 186 Å². The van der Waals surface area contributed by atoms with Gasteiger partial charge in [-0.1, -0.05) is 60.7 Å². The molecular weight excluding hydrogens is 408 g/mol. The van der Waals surface area contributed by atoms with Gasteiger partial charge in [0.05, 0.1) is 12.2 Å². The molecule has 0 radical (unpaired) electrons. The van der Waals surface area contributed by atoms with Crippen LogP contribution in [0.3, 0.4) is 0 Å². The Morgan fingerprint density at radius 3 is 2.32 bits per heavy atom. The summed E-state index contributed by atoms with van der Waals surface area (Å²) in [6, 6.07) is 19.8. The van der Waals surface area contributed by atoms with Crippen LogP contribution in [0.25, 0.3) is 10.6 Å². The number of carbonyl (C=O) groups is 2. The third kappa shape index (κ3) is 5.70. The Hall–Kier alpha value is -3.19. The maximum atomic E-state index is 12.6. The minimum Gasteiger partial charge on any atom is -0.350 e. The predicted molar refractivity (Wildman–Crippen MR) is 122 cm³/mol. The maximum absolute atomic E-state index is 12.6. The summed E-state index contributed by atoms with van der Waals surface area (Å²) in [6.45, 7) is 2.12. The van der Waals surface area contributed by atoms with Gasteiger partial charge in [-0.05, 0) is 18.4 Å². The van der Waals surface area contributed by atoms with Crippen molar-refractivity contribution in [2.45, 2.75) is 25.9 Å². The molecule has 2 heterocycles. The van der Waals surface area contributed by atoms with Crippen molar-refractivity contribution in [3.05, 3.63) is 77.3 Å². The first-order valence-corrected chi connectivity index (χ1v) is 11.4. The van der Waals surface area contributed by atoms with E-state index in [2.05, 4.69) is 15.6 Å². The van der Waals surface area contributed by atoms with Gasteiger partial charge in [-0.3, -0.25) is 4.79 Å². The summed E-state index contributed by atoms with van der Waals surface area (Å²) in [5, 5.41) is 8.91. The number of urea groups is 1. The van der Waals surface area contributed by atoms with E-state index in [1.807, 2.05) is 66.0 Å². The van der Waals surface area contributed by atoms with Gasteiger partial charge in [0, 0.05) is 36.5 Å². The largest absolute Gasteiger partial charge is 0.350 e. The fraction of sp³-hybridized carbons (Fsp3) is 0.292. The number of benzene rings is 2. The zero-order valence-corrected chi connectivity index (χ0v) is 18.1. The number of rotatable bonds is 6. The molecule has 2 aromatic carbocycles. The number of nitrogens with zero attached hydrogens (tertiary/aromatic N) is 2. The quantitative estimate of drug-likeness (QED) is 0.615. The molecule has 0 spiro atoms. The standard InChI is InChI=1S/C24H26N4O2S/c29-22(25-16-21-17-31-23(27-21)20-9-5-2-6-10-20)19-11-13-28(14-12-19)24(30)26-15-18-7-3-1-4-8-18/h1-10,17,19H,11-16H2,(H,25,29)(H,26,30). The highest BCUT2D eigenvalue weighted by molar-refractivity contribution is 7.13. The summed E-state index contributed by atoms with van der Waals surface area (Å²) < 4.78 is 0. The smallest absolute Gasteiger partial charge is 0.317 e. The molecule has 1 aliphatic heterocycles. The Kier molecular flexibility index (Phi) is 6.94. The molecule has 31 heavy (non-hydrogen) atoms. The lowest BCUT2D eigenvalue weighted by atomic mass is 9.96. The van der Waals surface area contributed by atoms with Crippen molar-refractivity contribution in [3.8, 4) is 10.6 Å². The van der Waals surface area contributed by atoms with Crippen LogP contribution < -0.4 is 10.6 Å². The van der Waals surface area contributed by atoms with E-state index in [4.69, 9.17) is 0 Å². The van der Waals surface area contributed by atoms with Gasteiger partial charge in [0.2, 0.25) is 5.91 Å². The van der Waals surface area contributed by atoms with Gasteiger partial charge in [0.1, 0.15) is 5.01 Å². The van der Waals surface area contributed by atoms with Crippen LogP contribution in [-0.2, 0) is 17.9 Å². The minimum atomic E-state index is -0.0707. The second kappa shape index (κ2) is 10.2. The summed E-state index contributed by atoms with van der Waals surface area (Å²) >= 11 is 1.58. The van der Waals surface area contributed by atoms with E-state index >= 15 is 0 Å².